The van der Waals surface area contributed by atoms with E-state index in [9.17, 15) is 22.4 Å². The molecule has 0 saturated carbocycles. The summed E-state index contributed by atoms with van der Waals surface area (Å²) >= 11 is 0. The zero-order valence-corrected chi connectivity index (χ0v) is 18.2. The predicted molar refractivity (Wildman–Crippen MR) is 127 cm³/mol. The van der Waals surface area contributed by atoms with E-state index < -0.39 is 23.2 Å². The molecular formula is C28H18F4N2O. The van der Waals surface area contributed by atoms with E-state index in [1.807, 2.05) is 36.4 Å². The van der Waals surface area contributed by atoms with Crippen LogP contribution in [0.15, 0.2) is 114 Å². The maximum absolute atomic E-state index is 14.0. The average Bonchev–Trinajstić information content (AvgIpc) is 3.18. The Morgan fingerprint density at radius 3 is 1.60 bits per heavy atom. The maximum atomic E-state index is 14.0. The van der Waals surface area contributed by atoms with Gasteiger partial charge in [-0.1, -0.05) is 66.7 Å². The molecule has 0 spiro atoms. The van der Waals surface area contributed by atoms with E-state index in [4.69, 9.17) is 0 Å². The highest BCUT2D eigenvalue weighted by Crippen LogP contribution is 2.36. The van der Waals surface area contributed by atoms with E-state index in [1.165, 1.54) is 45.5 Å². The van der Waals surface area contributed by atoms with Gasteiger partial charge in [-0.15, -0.1) is 0 Å². The second-order valence-electron chi connectivity index (χ2n) is 7.91. The molecule has 0 saturated heterocycles. The van der Waals surface area contributed by atoms with Crippen molar-refractivity contribution in [2.75, 3.05) is 0 Å². The number of hydrogen-bond donors (Lipinski definition) is 0. The van der Waals surface area contributed by atoms with E-state index in [-0.39, 0.29) is 5.69 Å². The minimum absolute atomic E-state index is 0.0710. The molecule has 7 heteroatoms. The van der Waals surface area contributed by atoms with Gasteiger partial charge in [-0.05, 0) is 42.5 Å². The number of hydrogen-bond acceptors (Lipinski definition) is 1. The van der Waals surface area contributed by atoms with Crippen molar-refractivity contribution in [2.24, 2.45) is 0 Å². The number of aromatic nitrogens is 2. The van der Waals surface area contributed by atoms with Gasteiger partial charge in [0.15, 0.2) is 0 Å². The third kappa shape index (κ3) is 4.17. The zero-order valence-electron chi connectivity index (χ0n) is 18.2. The fourth-order valence-electron chi connectivity index (χ4n) is 4.12. The lowest BCUT2D eigenvalue weighted by molar-refractivity contribution is -0.137. The van der Waals surface area contributed by atoms with Crippen molar-refractivity contribution in [2.45, 2.75) is 6.18 Å². The average molecular weight is 474 g/mol. The molecular weight excluding hydrogens is 456 g/mol. The largest absolute Gasteiger partial charge is 0.416 e. The molecule has 0 aliphatic rings. The molecule has 0 fully saturated rings. The van der Waals surface area contributed by atoms with Crippen molar-refractivity contribution in [1.29, 1.82) is 0 Å². The van der Waals surface area contributed by atoms with Crippen molar-refractivity contribution in [3.8, 4) is 33.9 Å². The van der Waals surface area contributed by atoms with Crippen molar-refractivity contribution < 1.29 is 17.6 Å². The Hall–Kier alpha value is -4.39. The lowest BCUT2D eigenvalue weighted by atomic mass is 10.0. The van der Waals surface area contributed by atoms with Crippen LogP contribution < -0.4 is 5.69 Å². The van der Waals surface area contributed by atoms with Crippen LogP contribution in [0.25, 0.3) is 33.9 Å². The molecule has 35 heavy (non-hydrogen) atoms. The number of imidazole rings is 1. The summed E-state index contributed by atoms with van der Waals surface area (Å²) in [5.41, 5.74) is 1.24. The van der Waals surface area contributed by atoms with Gasteiger partial charge in [-0.2, -0.15) is 13.2 Å². The summed E-state index contributed by atoms with van der Waals surface area (Å²) in [5, 5.41) is 0. The van der Waals surface area contributed by atoms with Crippen LogP contribution in [0.3, 0.4) is 0 Å². The summed E-state index contributed by atoms with van der Waals surface area (Å²) in [7, 11) is 0. The molecule has 174 valence electrons. The van der Waals surface area contributed by atoms with E-state index in [2.05, 4.69) is 0 Å². The van der Waals surface area contributed by atoms with Crippen molar-refractivity contribution in [1.82, 2.24) is 9.13 Å². The minimum Gasteiger partial charge on any atom is -0.260 e. The first-order valence-corrected chi connectivity index (χ1v) is 10.8. The van der Waals surface area contributed by atoms with Crippen LogP contribution in [0.2, 0.25) is 0 Å². The molecule has 0 aliphatic carbocycles. The smallest absolute Gasteiger partial charge is 0.260 e. The Kier molecular flexibility index (Phi) is 5.61. The Bertz CT molecular complexity index is 1530. The monoisotopic (exact) mass is 474 g/mol. The first-order chi connectivity index (χ1) is 16.8. The first-order valence-electron chi connectivity index (χ1n) is 10.8. The lowest BCUT2D eigenvalue weighted by Crippen LogP contribution is -2.23. The number of halogens is 4. The molecule has 4 aromatic carbocycles. The standard InChI is InChI=1S/C28H18F4N2O/c29-22-14-16-23(17-15-22)33-25(19-8-3-1-4-9-19)26(20-10-5-2-6-11-20)34(27(33)35)24-13-7-12-21(18-24)28(30,31)32/h1-18H. The molecule has 0 amide bonds. The van der Waals surface area contributed by atoms with Crippen LogP contribution >= 0.6 is 0 Å². The van der Waals surface area contributed by atoms with E-state index >= 15 is 0 Å². The van der Waals surface area contributed by atoms with Crippen LogP contribution in [0.4, 0.5) is 17.6 Å². The normalized spacial score (nSPS) is 11.5. The van der Waals surface area contributed by atoms with Gasteiger partial charge in [0, 0.05) is 11.1 Å². The number of nitrogens with zero attached hydrogens (tertiary/aromatic N) is 2. The number of rotatable bonds is 4. The van der Waals surface area contributed by atoms with Gasteiger partial charge in [0.2, 0.25) is 0 Å². The van der Waals surface area contributed by atoms with Crippen LogP contribution in [0, 0.1) is 5.82 Å². The van der Waals surface area contributed by atoms with Crippen molar-refractivity contribution >= 4 is 0 Å². The minimum atomic E-state index is -4.58. The SMILES string of the molecule is O=c1n(-c2ccc(F)cc2)c(-c2ccccc2)c(-c2ccccc2)n1-c1cccc(C(F)(F)F)c1. The van der Waals surface area contributed by atoms with Gasteiger partial charge in [0.05, 0.1) is 28.3 Å². The molecule has 0 unspecified atom stereocenters. The number of alkyl halides is 3. The maximum Gasteiger partial charge on any atom is 0.416 e. The lowest BCUT2D eigenvalue weighted by Gasteiger charge is -2.13. The highest BCUT2D eigenvalue weighted by molar-refractivity contribution is 5.82. The zero-order chi connectivity index (χ0) is 24.6. The quantitative estimate of drug-likeness (QED) is 0.255. The van der Waals surface area contributed by atoms with Crippen LogP contribution in [-0.2, 0) is 6.18 Å². The molecule has 3 nitrogen and oxygen atoms in total. The van der Waals surface area contributed by atoms with E-state index in [0.29, 0.717) is 28.2 Å². The topological polar surface area (TPSA) is 26.9 Å². The van der Waals surface area contributed by atoms with Gasteiger partial charge in [0.25, 0.3) is 0 Å². The summed E-state index contributed by atoms with van der Waals surface area (Å²) in [5.74, 6) is -0.469. The molecule has 0 radical (unpaired) electrons. The van der Waals surface area contributed by atoms with Crippen LogP contribution in [0.5, 0.6) is 0 Å². The van der Waals surface area contributed by atoms with Gasteiger partial charge >= 0.3 is 11.9 Å². The third-order valence-corrected chi connectivity index (χ3v) is 5.67. The van der Waals surface area contributed by atoms with E-state index in [0.717, 1.165) is 12.1 Å². The van der Waals surface area contributed by atoms with Crippen molar-refractivity contribution in [3.05, 3.63) is 131 Å². The van der Waals surface area contributed by atoms with Crippen LogP contribution in [0.1, 0.15) is 5.56 Å². The summed E-state index contributed by atoms with van der Waals surface area (Å²) in [6, 6.07) is 28.1. The summed E-state index contributed by atoms with van der Waals surface area (Å²) in [4.78, 5) is 14.0. The van der Waals surface area contributed by atoms with Gasteiger partial charge < -0.3 is 0 Å². The second kappa shape index (κ2) is 8.76. The molecule has 5 rings (SSSR count). The highest BCUT2D eigenvalue weighted by Gasteiger charge is 2.31. The fraction of sp³-hybridized carbons (Fsp3) is 0.0357. The van der Waals surface area contributed by atoms with Crippen molar-refractivity contribution in [3.63, 3.8) is 0 Å². The Balaban J connectivity index is 1.93. The molecule has 0 N–H and O–H groups in total. The molecule has 5 aromatic rings. The summed E-state index contributed by atoms with van der Waals surface area (Å²) < 4.78 is 57.0. The molecule has 1 aromatic heterocycles. The molecule has 0 atom stereocenters. The molecule has 0 bridgehead atoms. The van der Waals surface area contributed by atoms with Gasteiger partial charge in [0.1, 0.15) is 5.82 Å². The summed E-state index contributed by atoms with van der Waals surface area (Å²) in [6.07, 6.45) is -4.58. The first kappa shape index (κ1) is 22.4. The van der Waals surface area contributed by atoms with Gasteiger partial charge in [-0.3, -0.25) is 9.13 Å². The summed E-state index contributed by atoms with van der Waals surface area (Å²) in [6.45, 7) is 0. The molecule has 0 aliphatic heterocycles. The van der Waals surface area contributed by atoms with E-state index in [1.54, 1.807) is 24.3 Å². The Labute approximate surface area is 198 Å². The highest BCUT2D eigenvalue weighted by atomic mass is 19.4. The third-order valence-electron chi connectivity index (χ3n) is 5.67. The predicted octanol–water partition coefficient (Wildman–Crippen LogP) is 7.12. The molecule has 1 heterocycles. The van der Waals surface area contributed by atoms with Gasteiger partial charge in [-0.25, -0.2) is 9.18 Å². The second-order valence-corrected chi connectivity index (χ2v) is 7.91. The Morgan fingerprint density at radius 2 is 1.09 bits per heavy atom. The fourth-order valence-corrected chi connectivity index (χ4v) is 4.12. The number of benzene rings is 4. The van der Waals surface area contributed by atoms with Crippen LogP contribution in [-0.4, -0.2) is 9.13 Å². The Morgan fingerprint density at radius 1 is 0.571 bits per heavy atom.